The summed E-state index contributed by atoms with van der Waals surface area (Å²) in [6.45, 7) is 5.50. The van der Waals surface area contributed by atoms with E-state index in [4.69, 9.17) is 4.74 Å². The Bertz CT molecular complexity index is 846. The third-order valence-electron chi connectivity index (χ3n) is 4.53. The molecule has 1 heterocycles. The fourth-order valence-corrected chi connectivity index (χ4v) is 3.10. The number of amides is 3. The Hall–Kier alpha value is -2.61. The van der Waals surface area contributed by atoms with Crippen LogP contribution in [0.1, 0.15) is 18.1 Å². The van der Waals surface area contributed by atoms with Crippen molar-refractivity contribution >= 4 is 35.7 Å². The molecule has 3 rings (SSSR count). The van der Waals surface area contributed by atoms with E-state index in [1.807, 2.05) is 56.3 Å². The summed E-state index contributed by atoms with van der Waals surface area (Å²) >= 11 is 0. The van der Waals surface area contributed by atoms with E-state index in [2.05, 4.69) is 21.3 Å². The number of benzene rings is 2. The fourth-order valence-electron chi connectivity index (χ4n) is 3.10. The number of hydrogen-bond acceptors (Lipinski definition) is 4. The Morgan fingerprint density at radius 3 is 2.48 bits per heavy atom. The van der Waals surface area contributed by atoms with E-state index in [1.165, 1.54) is 0 Å². The minimum atomic E-state index is -0.352. The van der Waals surface area contributed by atoms with Crippen LogP contribution in [0.4, 0.5) is 16.2 Å². The third kappa shape index (κ3) is 6.74. The van der Waals surface area contributed by atoms with Crippen LogP contribution in [-0.4, -0.2) is 37.2 Å². The predicted molar refractivity (Wildman–Crippen MR) is 117 cm³/mol. The first-order valence-electron chi connectivity index (χ1n) is 9.37. The monoisotopic (exact) mass is 418 g/mol. The normalized spacial score (nSPS) is 18.3. The van der Waals surface area contributed by atoms with Crippen molar-refractivity contribution in [2.24, 2.45) is 0 Å². The molecular formula is C21H27ClN4O3. The maximum atomic E-state index is 12.3. The summed E-state index contributed by atoms with van der Waals surface area (Å²) in [5.41, 5.74) is 3.36. The number of carbonyl (C=O) groups is 2. The van der Waals surface area contributed by atoms with Crippen molar-refractivity contribution in [2.75, 3.05) is 23.8 Å². The number of anilines is 2. The Morgan fingerprint density at radius 2 is 1.79 bits per heavy atom. The maximum absolute atomic E-state index is 12.3. The van der Waals surface area contributed by atoms with Crippen LogP contribution in [0.2, 0.25) is 0 Å². The Balaban J connectivity index is 0.00000300. The lowest BCUT2D eigenvalue weighted by molar-refractivity contribution is -0.129. The molecule has 29 heavy (non-hydrogen) atoms. The summed E-state index contributed by atoms with van der Waals surface area (Å²) in [5, 5.41) is 11.7. The van der Waals surface area contributed by atoms with Gasteiger partial charge in [-0.15, -0.1) is 12.4 Å². The molecule has 0 bridgehead atoms. The van der Waals surface area contributed by atoms with Gasteiger partial charge in [0.2, 0.25) is 5.91 Å². The van der Waals surface area contributed by atoms with Crippen LogP contribution >= 0.6 is 12.4 Å². The maximum Gasteiger partial charge on any atom is 0.323 e. The molecule has 1 aliphatic heterocycles. The van der Waals surface area contributed by atoms with Gasteiger partial charge in [0.25, 0.3) is 0 Å². The van der Waals surface area contributed by atoms with Crippen LogP contribution in [-0.2, 0) is 16.1 Å². The number of rotatable bonds is 5. The van der Waals surface area contributed by atoms with Crippen LogP contribution < -0.4 is 21.3 Å². The number of nitrogens with one attached hydrogen (secondary N) is 4. The van der Waals surface area contributed by atoms with Crippen molar-refractivity contribution in [1.82, 2.24) is 10.6 Å². The van der Waals surface area contributed by atoms with Crippen molar-refractivity contribution in [2.45, 2.75) is 32.5 Å². The van der Waals surface area contributed by atoms with Gasteiger partial charge in [0.15, 0.2) is 0 Å². The lowest BCUT2D eigenvalue weighted by Gasteiger charge is -2.29. The second kappa shape index (κ2) is 10.8. The number of urea groups is 1. The molecular weight excluding hydrogens is 392 g/mol. The summed E-state index contributed by atoms with van der Waals surface area (Å²) in [4.78, 5) is 24.5. The number of morpholine rings is 1. The standard InChI is InChI=1S/C21H26N4O3.ClH/c1-14-5-3-7-17(11-14)24-21(27)25-18-8-4-6-16(12-18)13-23-20(26)19-15(2)28-10-9-22-19;/h3-8,11-12,15,19,22H,9-10,13H2,1-2H3,(H,23,26)(H2,24,25,27);1H/t15-,19+;/m1./s1. The highest BCUT2D eigenvalue weighted by Crippen LogP contribution is 2.13. The van der Waals surface area contributed by atoms with Gasteiger partial charge in [-0.2, -0.15) is 0 Å². The van der Waals surface area contributed by atoms with Crippen LogP contribution in [0.5, 0.6) is 0 Å². The largest absolute Gasteiger partial charge is 0.375 e. The van der Waals surface area contributed by atoms with E-state index in [-0.39, 0.29) is 36.5 Å². The molecule has 0 saturated carbocycles. The van der Waals surface area contributed by atoms with Crippen LogP contribution in [0, 0.1) is 6.92 Å². The van der Waals surface area contributed by atoms with Gasteiger partial charge in [0.1, 0.15) is 6.04 Å². The molecule has 0 aromatic heterocycles. The molecule has 7 nitrogen and oxygen atoms in total. The average Bonchev–Trinajstić information content (AvgIpc) is 2.67. The highest BCUT2D eigenvalue weighted by molar-refractivity contribution is 5.99. The topological polar surface area (TPSA) is 91.5 Å². The zero-order valence-electron chi connectivity index (χ0n) is 16.5. The van der Waals surface area contributed by atoms with Gasteiger partial charge >= 0.3 is 6.03 Å². The Kier molecular flexibility index (Phi) is 8.45. The van der Waals surface area contributed by atoms with Crippen molar-refractivity contribution in [3.05, 3.63) is 59.7 Å². The van der Waals surface area contributed by atoms with Gasteiger partial charge in [-0.3, -0.25) is 4.79 Å². The predicted octanol–water partition coefficient (Wildman–Crippen LogP) is 3.05. The number of aryl methyl sites for hydroxylation is 1. The highest BCUT2D eigenvalue weighted by Gasteiger charge is 2.27. The quantitative estimate of drug-likeness (QED) is 0.600. The number of halogens is 1. The fraction of sp³-hybridized carbons (Fsp3) is 0.333. The Labute approximate surface area is 177 Å². The van der Waals surface area contributed by atoms with Crippen molar-refractivity contribution in [3.8, 4) is 0 Å². The van der Waals surface area contributed by atoms with E-state index >= 15 is 0 Å². The SMILES string of the molecule is Cc1cccc(NC(=O)Nc2cccc(CNC(=O)[C@H]3NCCO[C@@H]3C)c2)c1.Cl. The summed E-state index contributed by atoms with van der Waals surface area (Å²) in [6.07, 6.45) is -0.160. The van der Waals surface area contributed by atoms with Crippen LogP contribution in [0.25, 0.3) is 0 Å². The van der Waals surface area contributed by atoms with E-state index in [0.717, 1.165) is 16.8 Å². The van der Waals surface area contributed by atoms with Crippen LogP contribution in [0.3, 0.4) is 0 Å². The number of carbonyl (C=O) groups excluding carboxylic acids is 2. The first kappa shape index (κ1) is 22.7. The van der Waals surface area contributed by atoms with Gasteiger partial charge < -0.3 is 26.0 Å². The molecule has 8 heteroatoms. The molecule has 4 N–H and O–H groups in total. The van der Waals surface area contributed by atoms with E-state index in [9.17, 15) is 9.59 Å². The first-order chi connectivity index (χ1) is 13.5. The molecule has 0 spiro atoms. The molecule has 1 fully saturated rings. The molecule has 0 unspecified atom stereocenters. The molecule has 2 aromatic carbocycles. The third-order valence-corrected chi connectivity index (χ3v) is 4.53. The van der Waals surface area contributed by atoms with Gasteiger partial charge in [-0.25, -0.2) is 4.79 Å². The lowest BCUT2D eigenvalue weighted by atomic mass is 10.1. The summed E-state index contributed by atoms with van der Waals surface area (Å²) in [6, 6.07) is 14.3. The smallest absolute Gasteiger partial charge is 0.323 e. The molecule has 156 valence electrons. The zero-order valence-corrected chi connectivity index (χ0v) is 17.3. The van der Waals surface area contributed by atoms with Gasteiger partial charge in [0.05, 0.1) is 12.7 Å². The first-order valence-corrected chi connectivity index (χ1v) is 9.37. The summed E-state index contributed by atoms with van der Waals surface area (Å²) in [5.74, 6) is -0.0947. The Morgan fingerprint density at radius 1 is 1.10 bits per heavy atom. The molecule has 2 aromatic rings. The van der Waals surface area contributed by atoms with Crippen molar-refractivity contribution in [1.29, 1.82) is 0 Å². The van der Waals surface area contributed by atoms with Gasteiger partial charge in [-0.05, 0) is 49.2 Å². The highest BCUT2D eigenvalue weighted by atomic mass is 35.5. The summed E-state index contributed by atoms with van der Waals surface area (Å²) in [7, 11) is 0. The zero-order chi connectivity index (χ0) is 19.9. The van der Waals surface area contributed by atoms with Gasteiger partial charge in [-0.1, -0.05) is 24.3 Å². The molecule has 1 saturated heterocycles. The minimum absolute atomic E-state index is 0. The molecule has 1 aliphatic rings. The average molecular weight is 419 g/mol. The van der Waals surface area contributed by atoms with Crippen LogP contribution in [0.15, 0.2) is 48.5 Å². The second-order valence-electron chi connectivity index (χ2n) is 6.87. The lowest BCUT2D eigenvalue weighted by Crippen LogP contribution is -2.55. The van der Waals surface area contributed by atoms with Gasteiger partial charge in [0, 0.05) is 24.5 Å². The molecule has 3 amide bonds. The van der Waals surface area contributed by atoms with E-state index < -0.39 is 0 Å². The van der Waals surface area contributed by atoms with Crippen molar-refractivity contribution in [3.63, 3.8) is 0 Å². The van der Waals surface area contributed by atoms with E-state index in [0.29, 0.717) is 25.4 Å². The molecule has 0 aliphatic carbocycles. The second-order valence-corrected chi connectivity index (χ2v) is 6.87. The van der Waals surface area contributed by atoms with E-state index in [1.54, 1.807) is 6.07 Å². The summed E-state index contributed by atoms with van der Waals surface area (Å²) < 4.78 is 5.50. The van der Waals surface area contributed by atoms with Crippen molar-refractivity contribution < 1.29 is 14.3 Å². The minimum Gasteiger partial charge on any atom is -0.375 e. The molecule has 0 radical (unpaired) electrons. The molecule has 2 atom stereocenters. The number of ether oxygens (including phenoxy) is 1. The number of hydrogen-bond donors (Lipinski definition) is 4.